The summed E-state index contributed by atoms with van der Waals surface area (Å²) in [4.78, 5) is 22.5. The molecule has 22 heavy (non-hydrogen) atoms. The van der Waals surface area contributed by atoms with Gasteiger partial charge in [-0.1, -0.05) is 27.7 Å². The van der Waals surface area contributed by atoms with Crippen molar-refractivity contribution >= 4 is 11.9 Å². The highest BCUT2D eigenvalue weighted by Gasteiger charge is 2.56. The fourth-order valence-electron chi connectivity index (χ4n) is 1.61. The van der Waals surface area contributed by atoms with Gasteiger partial charge in [0, 0.05) is 0 Å². The van der Waals surface area contributed by atoms with E-state index in [1.165, 1.54) is 13.8 Å². The quantitative estimate of drug-likeness (QED) is 0.570. The van der Waals surface area contributed by atoms with Crippen molar-refractivity contribution < 1.29 is 41.7 Å². The molecule has 0 bridgehead atoms. The van der Waals surface area contributed by atoms with Crippen LogP contribution in [0.25, 0.3) is 0 Å². The second-order valence-electron chi connectivity index (χ2n) is 5.50. The minimum atomic E-state index is -4.38. The van der Waals surface area contributed by atoms with Gasteiger partial charge in [-0.2, -0.15) is 17.6 Å². The second-order valence-corrected chi connectivity index (χ2v) is 5.50. The zero-order chi connectivity index (χ0) is 17.9. The van der Waals surface area contributed by atoms with Crippen LogP contribution in [0.1, 0.15) is 27.7 Å². The Morgan fingerprint density at radius 3 is 1.68 bits per heavy atom. The molecule has 0 radical (unpaired) electrons. The van der Waals surface area contributed by atoms with Crippen LogP contribution in [0, 0.1) is 11.8 Å². The number of aliphatic hydroxyl groups is 1. The highest BCUT2D eigenvalue weighted by atomic mass is 19.3. The van der Waals surface area contributed by atoms with Crippen LogP contribution in [-0.4, -0.2) is 48.2 Å². The summed E-state index contributed by atoms with van der Waals surface area (Å²) in [5.41, 5.74) is 0. The second kappa shape index (κ2) is 7.26. The molecule has 0 aliphatic rings. The normalized spacial score (nSPS) is 15.6. The summed E-state index contributed by atoms with van der Waals surface area (Å²) < 4.78 is 62.9. The third-order valence-electron chi connectivity index (χ3n) is 2.93. The minimum absolute atomic E-state index is 0.687. The molecular weight excluding hydrogens is 312 g/mol. The molecule has 0 aromatic carbocycles. The smallest absolute Gasteiger partial charge is 0.380 e. The first kappa shape index (κ1) is 20.6. The molecule has 0 amide bonds. The third kappa shape index (κ3) is 4.31. The summed E-state index contributed by atoms with van der Waals surface area (Å²) in [5, 5.41) is 9.30. The molecule has 0 aromatic heterocycles. The van der Waals surface area contributed by atoms with Crippen molar-refractivity contribution in [1.82, 2.24) is 0 Å². The molecule has 0 saturated carbocycles. The lowest BCUT2D eigenvalue weighted by atomic mass is 9.99. The van der Waals surface area contributed by atoms with Gasteiger partial charge in [-0.15, -0.1) is 0 Å². The van der Waals surface area contributed by atoms with Gasteiger partial charge in [-0.25, -0.2) is 9.59 Å². The van der Waals surface area contributed by atoms with Gasteiger partial charge in [0.25, 0.3) is 0 Å². The van der Waals surface area contributed by atoms with E-state index in [-0.39, 0.29) is 0 Å². The number of methoxy groups -OCH3 is 1. The summed E-state index contributed by atoms with van der Waals surface area (Å²) in [6.07, 6.45) is -4.85. The van der Waals surface area contributed by atoms with Crippen molar-refractivity contribution in [3.05, 3.63) is 0 Å². The molecule has 2 unspecified atom stereocenters. The van der Waals surface area contributed by atoms with Crippen LogP contribution in [0.2, 0.25) is 0 Å². The van der Waals surface area contributed by atoms with Gasteiger partial charge in [-0.05, 0) is 11.8 Å². The van der Waals surface area contributed by atoms with E-state index < -0.39 is 47.8 Å². The molecule has 0 rings (SSSR count). The minimum Gasteiger partial charge on any atom is -0.464 e. The van der Waals surface area contributed by atoms with Crippen molar-refractivity contribution in [1.29, 1.82) is 0 Å². The maximum atomic E-state index is 13.8. The highest BCUT2D eigenvalue weighted by Crippen LogP contribution is 2.32. The van der Waals surface area contributed by atoms with E-state index in [1.54, 1.807) is 0 Å². The van der Waals surface area contributed by atoms with Gasteiger partial charge in [0.1, 0.15) is 6.10 Å². The summed E-state index contributed by atoms with van der Waals surface area (Å²) >= 11 is 0. The Balaban J connectivity index is 5.37. The zero-order valence-electron chi connectivity index (χ0n) is 12.9. The SMILES string of the molecule is COC(=O)C(F)(F)C(OC(=O)C(F)(F)C(O)C(C)C)C(C)C. The van der Waals surface area contributed by atoms with Crippen LogP contribution in [0.5, 0.6) is 0 Å². The van der Waals surface area contributed by atoms with Crippen molar-refractivity contribution in [3.8, 4) is 0 Å². The molecule has 0 saturated heterocycles. The largest absolute Gasteiger partial charge is 0.464 e. The van der Waals surface area contributed by atoms with E-state index in [1.807, 2.05) is 0 Å². The lowest BCUT2D eigenvalue weighted by Gasteiger charge is -2.30. The Kier molecular flexibility index (Phi) is 6.80. The van der Waals surface area contributed by atoms with Crippen molar-refractivity contribution in [3.63, 3.8) is 0 Å². The summed E-state index contributed by atoms with van der Waals surface area (Å²) in [7, 11) is 0.687. The summed E-state index contributed by atoms with van der Waals surface area (Å²) in [6.45, 7) is 4.75. The standard InChI is InChI=1S/C13H20F4O5/c1-6(2)8(18)12(14,15)11(20)22-9(7(3)4)13(16,17)10(19)21-5/h6-9,18H,1-5H3. The lowest BCUT2D eigenvalue weighted by molar-refractivity contribution is -0.223. The van der Waals surface area contributed by atoms with Gasteiger partial charge < -0.3 is 14.6 Å². The number of hydrogen-bond donors (Lipinski definition) is 1. The number of alkyl halides is 4. The first-order valence-corrected chi connectivity index (χ1v) is 6.53. The fourth-order valence-corrected chi connectivity index (χ4v) is 1.61. The Labute approximate surface area is 125 Å². The molecule has 0 spiro atoms. The molecule has 0 aliphatic carbocycles. The number of hydrogen-bond acceptors (Lipinski definition) is 5. The average Bonchev–Trinajstić information content (AvgIpc) is 2.41. The molecule has 1 N–H and O–H groups in total. The van der Waals surface area contributed by atoms with E-state index in [0.717, 1.165) is 13.8 Å². The van der Waals surface area contributed by atoms with Gasteiger partial charge in [0.2, 0.25) is 0 Å². The van der Waals surface area contributed by atoms with Crippen LogP contribution >= 0.6 is 0 Å². The van der Waals surface area contributed by atoms with E-state index in [2.05, 4.69) is 9.47 Å². The molecule has 0 heterocycles. The van der Waals surface area contributed by atoms with E-state index in [0.29, 0.717) is 7.11 Å². The van der Waals surface area contributed by atoms with Crippen LogP contribution in [-0.2, 0) is 19.1 Å². The molecule has 0 aromatic rings. The predicted octanol–water partition coefficient (Wildman–Crippen LogP) is 2.01. The first-order valence-electron chi connectivity index (χ1n) is 6.53. The highest BCUT2D eigenvalue weighted by molar-refractivity contribution is 5.81. The Morgan fingerprint density at radius 2 is 1.36 bits per heavy atom. The van der Waals surface area contributed by atoms with Crippen LogP contribution in [0.4, 0.5) is 17.6 Å². The Morgan fingerprint density at radius 1 is 0.909 bits per heavy atom. The number of rotatable bonds is 7. The fraction of sp³-hybridized carbons (Fsp3) is 0.846. The number of ether oxygens (including phenoxy) is 2. The van der Waals surface area contributed by atoms with Crippen molar-refractivity contribution in [2.24, 2.45) is 11.8 Å². The summed E-state index contributed by atoms with van der Waals surface area (Å²) in [5.74, 6) is -15.2. The number of aliphatic hydroxyl groups excluding tert-OH is 1. The number of carbonyl (C=O) groups excluding carboxylic acids is 2. The van der Waals surface area contributed by atoms with Gasteiger partial charge in [-0.3, -0.25) is 0 Å². The monoisotopic (exact) mass is 332 g/mol. The molecule has 9 heteroatoms. The maximum absolute atomic E-state index is 13.8. The molecule has 0 aliphatic heterocycles. The number of carbonyl (C=O) groups is 2. The topological polar surface area (TPSA) is 72.8 Å². The van der Waals surface area contributed by atoms with Crippen LogP contribution in [0.3, 0.4) is 0 Å². The number of esters is 2. The van der Waals surface area contributed by atoms with E-state index in [9.17, 15) is 32.3 Å². The van der Waals surface area contributed by atoms with E-state index in [4.69, 9.17) is 0 Å². The molecule has 0 fully saturated rings. The third-order valence-corrected chi connectivity index (χ3v) is 2.93. The molecular formula is C13H20F4O5. The van der Waals surface area contributed by atoms with Crippen LogP contribution in [0.15, 0.2) is 0 Å². The average molecular weight is 332 g/mol. The first-order chi connectivity index (χ1) is 9.79. The van der Waals surface area contributed by atoms with Gasteiger partial charge in [0.05, 0.1) is 7.11 Å². The zero-order valence-corrected chi connectivity index (χ0v) is 12.9. The maximum Gasteiger partial charge on any atom is 0.380 e. The Hall–Kier alpha value is -1.38. The number of halogens is 4. The molecule has 5 nitrogen and oxygen atoms in total. The Bertz CT molecular complexity index is 409. The van der Waals surface area contributed by atoms with Gasteiger partial charge >= 0.3 is 23.8 Å². The molecule has 2 atom stereocenters. The predicted molar refractivity (Wildman–Crippen MR) is 67.5 cm³/mol. The van der Waals surface area contributed by atoms with E-state index >= 15 is 0 Å². The van der Waals surface area contributed by atoms with Gasteiger partial charge in [0.15, 0.2) is 6.10 Å². The van der Waals surface area contributed by atoms with Crippen molar-refractivity contribution in [2.75, 3.05) is 7.11 Å². The van der Waals surface area contributed by atoms with Crippen molar-refractivity contribution in [2.45, 2.75) is 51.7 Å². The van der Waals surface area contributed by atoms with Crippen LogP contribution < -0.4 is 0 Å². The molecule has 130 valence electrons. The summed E-state index contributed by atoms with van der Waals surface area (Å²) in [6, 6.07) is 0. The lowest BCUT2D eigenvalue weighted by Crippen LogP contribution is -2.52.